The highest BCUT2D eigenvalue weighted by Gasteiger charge is 2.41. The van der Waals surface area contributed by atoms with Crippen LogP contribution in [0.4, 0.5) is 0 Å². The summed E-state index contributed by atoms with van der Waals surface area (Å²) in [6, 6.07) is 4.18. The molecule has 0 atom stereocenters. The second kappa shape index (κ2) is 7.05. The van der Waals surface area contributed by atoms with Crippen molar-refractivity contribution in [3.05, 3.63) is 23.5 Å². The maximum atomic E-state index is 12.6. The van der Waals surface area contributed by atoms with E-state index in [-0.39, 0.29) is 11.4 Å². The van der Waals surface area contributed by atoms with Crippen LogP contribution in [0.15, 0.2) is 12.1 Å². The summed E-state index contributed by atoms with van der Waals surface area (Å²) < 4.78 is 7.62. The topological polar surface area (TPSA) is 46.5 Å². The molecule has 23 heavy (non-hydrogen) atoms. The minimum absolute atomic E-state index is 0.0674. The summed E-state index contributed by atoms with van der Waals surface area (Å²) in [5, 5.41) is 3.13. The van der Waals surface area contributed by atoms with Crippen molar-refractivity contribution in [1.82, 2.24) is 14.8 Å². The number of hydrogen-bond donors (Lipinski definition) is 1. The van der Waals surface area contributed by atoms with E-state index in [1.807, 2.05) is 7.05 Å². The highest BCUT2D eigenvalue weighted by atomic mass is 16.5. The zero-order chi connectivity index (χ0) is 16.3. The van der Waals surface area contributed by atoms with Crippen LogP contribution in [0.2, 0.25) is 0 Å². The summed E-state index contributed by atoms with van der Waals surface area (Å²) in [5.41, 5.74) is 2.44. The van der Waals surface area contributed by atoms with Gasteiger partial charge in [-0.15, -0.1) is 0 Å². The maximum Gasteiger partial charge on any atom is 0.222 e. The third kappa shape index (κ3) is 3.61. The van der Waals surface area contributed by atoms with Crippen LogP contribution in [0, 0.1) is 6.92 Å². The van der Waals surface area contributed by atoms with Gasteiger partial charge < -0.3 is 14.6 Å². The number of carbonyl (C=O) groups excluding carboxylic acids is 1. The molecule has 1 N–H and O–H groups in total. The highest BCUT2D eigenvalue weighted by Crippen LogP contribution is 2.38. The number of carbonyl (C=O) groups is 1. The van der Waals surface area contributed by atoms with E-state index in [4.69, 9.17) is 4.74 Å². The lowest BCUT2D eigenvalue weighted by atomic mass is 9.90. The zero-order valence-corrected chi connectivity index (χ0v) is 14.4. The normalized spacial score (nSPS) is 21.5. The van der Waals surface area contributed by atoms with E-state index in [0.717, 1.165) is 44.8 Å². The van der Waals surface area contributed by atoms with Crippen LogP contribution in [0.25, 0.3) is 0 Å². The Labute approximate surface area is 139 Å². The Kier molecular flexibility index (Phi) is 5.07. The number of morpholine rings is 1. The van der Waals surface area contributed by atoms with Gasteiger partial charge in [-0.05, 0) is 31.9 Å². The second-order valence-electron chi connectivity index (χ2n) is 7.01. The molecule has 1 aliphatic heterocycles. The number of aromatic nitrogens is 1. The monoisotopic (exact) mass is 319 g/mol. The number of hydrogen-bond acceptors (Lipinski definition) is 3. The molecular weight excluding hydrogens is 290 g/mol. The average molecular weight is 319 g/mol. The molecular formula is C18H29N3O2. The molecule has 3 rings (SSSR count). The SMILES string of the molecule is Cc1ccc(CNC(=O)CC2(N3CCOCC3)CCCC2)n1C. The van der Waals surface area contributed by atoms with Gasteiger partial charge in [0.1, 0.15) is 0 Å². The molecule has 1 aromatic heterocycles. The molecule has 0 aromatic carbocycles. The number of amides is 1. The van der Waals surface area contributed by atoms with Crippen molar-refractivity contribution >= 4 is 5.91 Å². The van der Waals surface area contributed by atoms with E-state index >= 15 is 0 Å². The molecule has 0 bridgehead atoms. The fraction of sp³-hybridized carbons (Fsp3) is 0.722. The summed E-state index contributed by atoms with van der Waals surface area (Å²) in [5.74, 6) is 0.178. The van der Waals surface area contributed by atoms with E-state index < -0.39 is 0 Å². The third-order valence-electron chi connectivity index (χ3n) is 5.65. The summed E-state index contributed by atoms with van der Waals surface area (Å²) >= 11 is 0. The number of nitrogens with zero attached hydrogens (tertiary/aromatic N) is 2. The maximum absolute atomic E-state index is 12.6. The lowest BCUT2D eigenvalue weighted by molar-refractivity contribution is -0.125. The van der Waals surface area contributed by atoms with E-state index in [0.29, 0.717) is 13.0 Å². The van der Waals surface area contributed by atoms with Crippen molar-refractivity contribution < 1.29 is 9.53 Å². The summed E-state index contributed by atoms with van der Waals surface area (Å²) in [7, 11) is 2.04. The van der Waals surface area contributed by atoms with Crippen LogP contribution in [-0.2, 0) is 23.1 Å². The first-order valence-corrected chi connectivity index (χ1v) is 8.81. The molecule has 5 heteroatoms. The number of rotatable bonds is 5. The lowest BCUT2D eigenvalue weighted by Crippen LogP contribution is -2.53. The highest BCUT2D eigenvalue weighted by molar-refractivity contribution is 5.77. The molecule has 2 aliphatic rings. The first kappa shape index (κ1) is 16.5. The average Bonchev–Trinajstić information content (AvgIpc) is 3.16. The predicted octanol–water partition coefficient (Wildman–Crippen LogP) is 1.98. The van der Waals surface area contributed by atoms with Crippen molar-refractivity contribution in [2.24, 2.45) is 7.05 Å². The third-order valence-corrected chi connectivity index (χ3v) is 5.65. The van der Waals surface area contributed by atoms with Crippen molar-refractivity contribution in [2.45, 2.75) is 51.1 Å². The molecule has 1 saturated heterocycles. The summed E-state index contributed by atoms with van der Waals surface area (Å²) in [4.78, 5) is 15.1. The lowest BCUT2D eigenvalue weighted by Gasteiger charge is -2.43. The van der Waals surface area contributed by atoms with Crippen LogP contribution in [0.1, 0.15) is 43.5 Å². The van der Waals surface area contributed by atoms with Gasteiger partial charge in [0.15, 0.2) is 0 Å². The molecule has 1 aliphatic carbocycles. The van der Waals surface area contributed by atoms with Gasteiger partial charge in [-0.2, -0.15) is 0 Å². The van der Waals surface area contributed by atoms with E-state index in [9.17, 15) is 4.79 Å². The molecule has 128 valence electrons. The molecule has 1 aromatic rings. The van der Waals surface area contributed by atoms with Crippen LogP contribution < -0.4 is 5.32 Å². The van der Waals surface area contributed by atoms with Gasteiger partial charge in [0.25, 0.3) is 0 Å². The summed E-state index contributed by atoms with van der Waals surface area (Å²) in [6.07, 6.45) is 5.38. The molecule has 5 nitrogen and oxygen atoms in total. The van der Waals surface area contributed by atoms with Crippen LogP contribution in [0.3, 0.4) is 0 Å². The van der Waals surface area contributed by atoms with Crippen LogP contribution >= 0.6 is 0 Å². The quantitative estimate of drug-likeness (QED) is 0.903. The van der Waals surface area contributed by atoms with Gasteiger partial charge in [0.05, 0.1) is 19.8 Å². The number of nitrogens with one attached hydrogen (secondary N) is 1. The second-order valence-corrected chi connectivity index (χ2v) is 7.01. The number of aryl methyl sites for hydroxylation is 1. The minimum atomic E-state index is 0.0674. The molecule has 1 saturated carbocycles. The Hall–Kier alpha value is -1.33. The predicted molar refractivity (Wildman–Crippen MR) is 90.2 cm³/mol. The largest absolute Gasteiger partial charge is 0.379 e. The van der Waals surface area contributed by atoms with Gasteiger partial charge in [-0.3, -0.25) is 9.69 Å². The van der Waals surface area contributed by atoms with Crippen LogP contribution in [0.5, 0.6) is 0 Å². The molecule has 2 fully saturated rings. The summed E-state index contributed by atoms with van der Waals surface area (Å²) in [6.45, 7) is 6.21. The minimum Gasteiger partial charge on any atom is -0.379 e. The Morgan fingerprint density at radius 3 is 2.57 bits per heavy atom. The molecule has 0 unspecified atom stereocenters. The fourth-order valence-corrected chi connectivity index (χ4v) is 4.07. The Morgan fingerprint density at radius 2 is 1.96 bits per heavy atom. The standard InChI is InChI=1S/C18H29N3O2/c1-15-5-6-16(20(15)2)14-19-17(22)13-18(7-3-4-8-18)21-9-11-23-12-10-21/h5-6H,3-4,7-14H2,1-2H3,(H,19,22). The van der Waals surface area contributed by atoms with Crippen molar-refractivity contribution in [3.8, 4) is 0 Å². The van der Waals surface area contributed by atoms with E-state index in [1.54, 1.807) is 0 Å². The fourth-order valence-electron chi connectivity index (χ4n) is 4.07. The van der Waals surface area contributed by atoms with E-state index in [1.165, 1.54) is 18.5 Å². The first-order chi connectivity index (χ1) is 11.1. The Bertz CT molecular complexity index is 540. The van der Waals surface area contributed by atoms with Gasteiger partial charge in [0.2, 0.25) is 5.91 Å². The van der Waals surface area contributed by atoms with Gasteiger partial charge in [-0.1, -0.05) is 12.8 Å². The van der Waals surface area contributed by atoms with Crippen LogP contribution in [-0.4, -0.2) is 47.2 Å². The molecule has 2 heterocycles. The number of ether oxygens (including phenoxy) is 1. The molecule has 0 spiro atoms. The molecule has 0 radical (unpaired) electrons. The first-order valence-electron chi connectivity index (χ1n) is 8.81. The van der Waals surface area contributed by atoms with Gasteiger partial charge >= 0.3 is 0 Å². The van der Waals surface area contributed by atoms with Gasteiger partial charge in [-0.25, -0.2) is 0 Å². The molecule has 1 amide bonds. The Morgan fingerprint density at radius 1 is 1.26 bits per heavy atom. The smallest absolute Gasteiger partial charge is 0.222 e. The van der Waals surface area contributed by atoms with Gasteiger partial charge in [0, 0.05) is 43.5 Å². The zero-order valence-electron chi connectivity index (χ0n) is 14.4. The van der Waals surface area contributed by atoms with Crippen molar-refractivity contribution in [1.29, 1.82) is 0 Å². The van der Waals surface area contributed by atoms with Crippen molar-refractivity contribution in [3.63, 3.8) is 0 Å². The Balaban J connectivity index is 1.59. The van der Waals surface area contributed by atoms with E-state index in [2.05, 4.69) is 33.8 Å². The van der Waals surface area contributed by atoms with Crippen molar-refractivity contribution in [2.75, 3.05) is 26.3 Å².